The summed E-state index contributed by atoms with van der Waals surface area (Å²) in [6, 6.07) is 5.25. The standard InChI is InChI=1S/C12H13BrN4O/c1-7-9(6-15-17(7)2)12(18)16-11-5-8(14)3-4-10(11)13/h3-6H,14H2,1-2H3,(H,16,18). The number of anilines is 2. The molecule has 0 saturated heterocycles. The predicted octanol–water partition coefficient (Wildman–Crippen LogP) is 2.33. The number of halogens is 1. The second kappa shape index (κ2) is 4.81. The monoisotopic (exact) mass is 308 g/mol. The first-order valence-corrected chi connectivity index (χ1v) is 6.13. The quantitative estimate of drug-likeness (QED) is 0.836. The highest BCUT2D eigenvalue weighted by Gasteiger charge is 2.14. The lowest BCUT2D eigenvalue weighted by Gasteiger charge is -2.08. The molecule has 0 atom stereocenters. The van der Waals surface area contributed by atoms with E-state index in [-0.39, 0.29) is 5.91 Å². The van der Waals surface area contributed by atoms with Crippen molar-refractivity contribution in [1.82, 2.24) is 9.78 Å². The average molecular weight is 309 g/mol. The summed E-state index contributed by atoms with van der Waals surface area (Å²) >= 11 is 3.36. The number of nitrogens with zero attached hydrogens (tertiary/aromatic N) is 2. The number of amides is 1. The normalized spacial score (nSPS) is 10.4. The molecule has 0 aliphatic rings. The van der Waals surface area contributed by atoms with Crippen LogP contribution in [0.2, 0.25) is 0 Å². The molecule has 0 unspecified atom stereocenters. The Labute approximate surface area is 113 Å². The first-order valence-electron chi connectivity index (χ1n) is 5.34. The molecule has 0 spiro atoms. The predicted molar refractivity (Wildman–Crippen MR) is 74.5 cm³/mol. The molecule has 0 aliphatic carbocycles. The number of carbonyl (C=O) groups is 1. The summed E-state index contributed by atoms with van der Waals surface area (Å²) in [4.78, 5) is 12.1. The van der Waals surface area contributed by atoms with Crippen LogP contribution in [-0.2, 0) is 7.05 Å². The lowest BCUT2D eigenvalue weighted by molar-refractivity contribution is 0.102. The minimum Gasteiger partial charge on any atom is -0.399 e. The SMILES string of the molecule is Cc1c(C(=O)Nc2cc(N)ccc2Br)cnn1C. The molecule has 6 heteroatoms. The summed E-state index contributed by atoms with van der Waals surface area (Å²) in [6.45, 7) is 1.84. The molecule has 2 aromatic rings. The van der Waals surface area contributed by atoms with Gasteiger partial charge in [0, 0.05) is 22.9 Å². The van der Waals surface area contributed by atoms with Crippen molar-refractivity contribution in [2.24, 2.45) is 7.05 Å². The Bertz CT molecular complexity index is 606. The highest BCUT2D eigenvalue weighted by Crippen LogP contribution is 2.25. The molecule has 1 aromatic heterocycles. The van der Waals surface area contributed by atoms with E-state index >= 15 is 0 Å². The van der Waals surface area contributed by atoms with Crippen molar-refractivity contribution >= 4 is 33.2 Å². The Morgan fingerprint density at radius 3 is 2.83 bits per heavy atom. The minimum absolute atomic E-state index is 0.202. The van der Waals surface area contributed by atoms with Gasteiger partial charge in [-0.05, 0) is 41.1 Å². The van der Waals surface area contributed by atoms with Gasteiger partial charge < -0.3 is 11.1 Å². The maximum atomic E-state index is 12.1. The first-order chi connectivity index (χ1) is 8.49. The molecule has 18 heavy (non-hydrogen) atoms. The number of hydrogen-bond donors (Lipinski definition) is 2. The van der Waals surface area contributed by atoms with Gasteiger partial charge in [-0.1, -0.05) is 0 Å². The number of aromatic nitrogens is 2. The van der Waals surface area contributed by atoms with Gasteiger partial charge >= 0.3 is 0 Å². The van der Waals surface area contributed by atoms with Crippen molar-refractivity contribution in [3.63, 3.8) is 0 Å². The van der Waals surface area contributed by atoms with Crippen LogP contribution in [0, 0.1) is 6.92 Å². The molecule has 0 bridgehead atoms. The fraction of sp³-hybridized carbons (Fsp3) is 0.167. The summed E-state index contributed by atoms with van der Waals surface area (Å²) < 4.78 is 2.44. The zero-order valence-corrected chi connectivity index (χ0v) is 11.7. The van der Waals surface area contributed by atoms with Gasteiger partial charge in [-0.15, -0.1) is 0 Å². The molecule has 2 rings (SSSR count). The largest absolute Gasteiger partial charge is 0.399 e. The van der Waals surface area contributed by atoms with Gasteiger partial charge in [0.15, 0.2) is 0 Å². The van der Waals surface area contributed by atoms with Gasteiger partial charge in [-0.25, -0.2) is 0 Å². The van der Waals surface area contributed by atoms with Crippen LogP contribution in [-0.4, -0.2) is 15.7 Å². The van der Waals surface area contributed by atoms with E-state index in [1.165, 1.54) is 0 Å². The molecule has 94 valence electrons. The molecule has 1 amide bonds. The third-order valence-electron chi connectivity index (χ3n) is 2.72. The maximum absolute atomic E-state index is 12.1. The lowest BCUT2D eigenvalue weighted by Crippen LogP contribution is -2.13. The third kappa shape index (κ3) is 2.38. The first kappa shape index (κ1) is 12.6. The van der Waals surface area contributed by atoms with Crippen molar-refractivity contribution in [3.8, 4) is 0 Å². The summed E-state index contributed by atoms with van der Waals surface area (Å²) in [5.74, 6) is -0.202. The Hall–Kier alpha value is -1.82. The Kier molecular flexibility index (Phi) is 3.38. The van der Waals surface area contributed by atoms with E-state index in [2.05, 4.69) is 26.3 Å². The van der Waals surface area contributed by atoms with E-state index in [4.69, 9.17) is 5.73 Å². The van der Waals surface area contributed by atoms with Crippen molar-refractivity contribution < 1.29 is 4.79 Å². The summed E-state index contributed by atoms with van der Waals surface area (Å²) in [7, 11) is 1.79. The summed E-state index contributed by atoms with van der Waals surface area (Å²) in [5.41, 5.74) is 8.28. The van der Waals surface area contributed by atoms with Crippen LogP contribution in [0.1, 0.15) is 16.1 Å². The van der Waals surface area contributed by atoms with Crippen molar-refractivity contribution in [2.75, 3.05) is 11.1 Å². The Morgan fingerprint density at radius 2 is 2.22 bits per heavy atom. The molecular formula is C12H13BrN4O. The van der Waals surface area contributed by atoms with Crippen LogP contribution in [0.3, 0.4) is 0 Å². The topological polar surface area (TPSA) is 72.9 Å². The van der Waals surface area contributed by atoms with E-state index in [1.54, 1.807) is 36.1 Å². The number of benzene rings is 1. The van der Waals surface area contributed by atoms with Crippen LogP contribution in [0.4, 0.5) is 11.4 Å². The van der Waals surface area contributed by atoms with Gasteiger partial charge in [0.1, 0.15) is 0 Å². The van der Waals surface area contributed by atoms with Crippen LogP contribution < -0.4 is 11.1 Å². The van der Waals surface area contributed by atoms with Crippen molar-refractivity contribution in [1.29, 1.82) is 0 Å². The molecule has 0 aliphatic heterocycles. The Morgan fingerprint density at radius 1 is 1.50 bits per heavy atom. The lowest BCUT2D eigenvalue weighted by atomic mass is 10.2. The molecule has 1 heterocycles. The summed E-state index contributed by atoms with van der Waals surface area (Å²) in [6.07, 6.45) is 1.55. The zero-order valence-electron chi connectivity index (χ0n) is 10.1. The number of rotatable bonds is 2. The average Bonchev–Trinajstić information content (AvgIpc) is 2.65. The number of nitrogen functional groups attached to an aromatic ring is 1. The third-order valence-corrected chi connectivity index (χ3v) is 3.41. The number of nitrogens with two attached hydrogens (primary N) is 1. The van der Waals surface area contributed by atoms with Crippen LogP contribution >= 0.6 is 15.9 Å². The van der Waals surface area contributed by atoms with Crippen LogP contribution in [0.25, 0.3) is 0 Å². The maximum Gasteiger partial charge on any atom is 0.259 e. The number of hydrogen-bond acceptors (Lipinski definition) is 3. The highest BCUT2D eigenvalue weighted by atomic mass is 79.9. The van der Waals surface area contributed by atoms with Crippen LogP contribution in [0.5, 0.6) is 0 Å². The molecule has 5 nitrogen and oxygen atoms in total. The second-order valence-electron chi connectivity index (χ2n) is 3.96. The molecule has 0 saturated carbocycles. The van der Waals surface area contributed by atoms with Gasteiger partial charge in [-0.3, -0.25) is 9.48 Å². The number of nitrogens with one attached hydrogen (secondary N) is 1. The van der Waals surface area contributed by atoms with Gasteiger partial charge in [0.2, 0.25) is 0 Å². The second-order valence-corrected chi connectivity index (χ2v) is 4.82. The fourth-order valence-electron chi connectivity index (χ4n) is 1.55. The smallest absolute Gasteiger partial charge is 0.259 e. The van der Waals surface area contributed by atoms with E-state index in [1.807, 2.05) is 6.92 Å². The zero-order chi connectivity index (χ0) is 13.3. The summed E-state index contributed by atoms with van der Waals surface area (Å²) in [5, 5.41) is 6.84. The molecule has 1 aromatic carbocycles. The van der Waals surface area contributed by atoms with Gasteiger partial charge in [0.25, 0.3) is 5.91 Å². The number of carbonyl (C=O) groups excluding carboxylic acids is 1. The molecular weight excluding hydrogens is 296 g/mol. The minimum atomic E-state index is -0.202. The number of aryl methyl sites for hydroxylation is 1. The van der Waals surface area contributed by atoms with E-state index in [9.17, 15) is 4.79 Å². The van der Waals surface area contributed by atoms with E-state index in [0.29, 0.717) is 16.9 Å². The molecule has 0 radical (unpaired) electrons. The van der Waals surface area contributed by atoms with E-state index < -0.39 is 0 Å². The Balaban J connectivity index is 2.27. The van der Waals surface area contributed by atoms with Crippen LogP contribution in [0.15, 0.2) is 28.9 Å². The van der Waals surface area contributed by atoms with Gasteiger partial charge in [0.05, 0.1) is 17.4 Å². The molecule has 3 N–H and O–H groups in total. The van der Waals surface area contributed by atoms with Crippen molar-refractivity contribution in [3.05, 3.63) is 40.1 Å². The fourth-order valence-corrected chi connectivity index (χ4v) is 1.90. The highest BCUT2D eigenvalue weighted by molar-refractivity contribution is 9.10. The van der Waals surface area contributed by atoms with Crippen molar-refractivity contribution in [2.45, 2.75) is 6.92 Å². The molecule has 0 fully saturated rings. The van der Waals surface area contributed by atoms with Gasteiger partial charge in [-0.2, -0.15) is 5.10 Å². The van der Waals surface area contributed by atoms with E-state index in [0.717, 1.165) is 10.2 Å².